The number of alkyl halides is 3. The highest BCUT2D eigenvalue weighted by molar-refractivity contribution is 7.09. The molecule has 3 heterocycles. The van der Waals surface area contributed by atoms with Crippen molar-refractivity contribution in [2.75, 3.05) is 0 Å². The molecule has 4 rings (SSSR count). The number of thiophene rings is 1. The van der Waals surface area contributed by atoms with E-state index in [9.17, 15) is 22.8 Å². The molecule has 0 N–H and O–H groups in total. The Labute approximate surface area is 179 Å². The van der Waals surface area contributed by atoms with Crippen LogP contribution in [0.25, 0.3) is 10.9 Å². The van der Waals surface area contributed by atoms with E-state index < -0.39 is 29.9 Å². The van der Waals surface area contributed by atoms with Crippen LogP contribution in [0.1, 0.15) is 32.4 Å². The van der Waals surface area contributed by atoms with Crippen molar-refractivity contribution in [3.05, 3.63) is 85.9 Å². The molecule has 4 aromatic rings. The van der Waals surface area contributed by atoms with Gasteiger partial charge in [0.25, 0.3) is 5.56 Å². The summed E-state index contributed by atoms with van der Waals surface area (Å²) in [6.07, 6.45) is -4.88. The number of hydrogen-bond acceptors (Lipinski definition) is 4. The Bertz CT molecular complexity index is 1330. The van der Waals surface area contributed by atoms with Crippen LogP contribution in [0.5, 0.6) is 0 Å². The summed E-state index contributed by atoms with van der Waals surface area (Å²) in [5.74, 6) is -1.95. The largest absolute Gasteiger partial charge is 0.449 e. The van der Waals surface area contributed by atoms with Crippen LogP contribution in [0, 0.1) is 13.8 Å². The Morgan fingerprint density at radius 3 is 2.52 bits per heavy atom. The third-order valence-corrected chi connectivity index (χ3v) is 6.05. The Morgan fingerprint density at radius 2 is 1.84 bits per heavy atom. The van der Waals surface area contributed by atoms with E-state index in [0.29, 0.717) is 22.4 Å². The van der Waals surface area contributed by atoms with Crippen molar-refractivity contribution in [2.24, 2.45) is 0 Å². The fourth-order valence-corrected chi connectivity index (χ4v) is 4.34. The van der Waals surface area contributed by atoms with Crippen molar-refractivity contribution < 1.29 is 18.0 Å². The van der Waals surface area contributed by atoms with Crippen molar-refractivity contribution >= 4 is 28.0 Å². The fourth-order valence-electron chi connectivity index (χ4n) is 3.65. The quantitative estimate of drug-likeness (QED) is 0.414. The normalized spacial score (nSPS) is 11.9. The van der Waals surface area contributed by atoms with Crippen LogP contribution in [-0.4, -0.2) is 19.9 Å². The van der Waals surface area contributed by atoms with Gasteiger partial charge in [0.2, 0.25) is 5.82 Å². The molecule has 0 aliphatic carbocycles. The van der Waals surface area contributed by atoms with Crippen LogP contribution < -0.4 is 5.56 Å². The number of halogens is 3. The topological polar surface area (TPSA) is 56.9 Å². The van der Waals surface area contributed by atoms with Crippen molar-refractivity contribution in [1.82, 2.24) is 14.1 Å². The molecule has 0 atom stereocenters. The third-order valence-electron chi connectivity index (χ3n) is 5.19. The molecule has 9 heteroatoms. The predicted octanol–water partition coefficient (Wildman–Crippen LogP) is 4.83. The van der Waals surface area contributed by atoms with E-state index in [-0.39, 0.29) is 10.9 Å². The summed E-state index contributed by atoms with van der Waals surface area (Å²) in [6.45, 7) is 3.41. The Hall–Kier alpha value is -3.20. The SMILES string of the molecule is Cc1cc(C(=O)Cn2c(C(F)(F)F)nc3ccccc3c2=O)c(C)n1Cc1cccs1. The minimum absolute atomic E-state index is 0.0338. The molecule has 0 fully saturated rings. The minimum Gasteiger partial charge on any atom is -0.343 e. The Balaban J connectivity index is 1.76. The lowest BCUT2D eigenvalue weighted by Crippen LogP contribution is -2.32. The molecule has 3 aromatic heterocycles. The number of aryl methyl sites for hydroxylation is 1. The van der Waals surface area contributed by atoms with E-state index in [2.05, 4.69) is 4.98 Å². The van der Waals surface area contributed by atoms with Gasteiger partial charge >= 0.3 is 6.18 Å². The summed E-state index contributed by atoms with van der Waals surface area (Å²) in [5.41, 5.74) is 0.805. The fraction of sp³-hybridized carbons (Fsp3) is 0.227. The Kier molecular flexibility index (Phi) is 5.30. The van der Waals surface area contributed by atoms with Crippen LogP contribution in [0.15, 0.2) is 52.6 Å². The standard InChI is InChI=1S/C22H18F3N3O2S/c1-13-10-17(14(2)27(13)11-15-6-5-9-31-15)19(29)12-28-20(30)16-7-3-4-8-18(16)26-21(28)22(23,24)25/h3-10H,11-12H2,1-2H3. The van der Waals surface area contributed by atoms with Gasteiger partial charge in [0.05, 0.1) is 24.0 Å². The smallest absolute Gasteiger partial charge is 0.343 e. The van der Waals surface area contributed by atoms with Gasteiger partial charge in [-0.05, 0) is 43.5 Å². The van der Waals surface area contributed by atoms with Gasteiger partial charge in [0.15, 0.2) is 5.78 Å². The first-order chi connectivity index (χ1) is 14.7. The number of hydrogen-bond donors (Lipinski definition) is 0. The maximum Gasteiger partial charge on any atom is 0.449 e. The number of carbonyl (C=O) groups excluding carboxylic acids is 1. The highest BCUT2D eigenvalue weighted by atomic mass is 32.1. The minimum atomic E-state index is -4.88. The molecule has 0 radical (unpaired) electrons. The van der Waals surface area contributed by atoms with Crippen LogP contribution in [0.4, 0.5) is 13.2 Å². The number of carbonyl (C=O) groups is 1. The summed E-state index contributed by atoms with van der Waals surface area (Å²) in [7, 11) is 0. The summed E-state index contributed by atoms with van der Waals surface area (Å²) >= 11 is 1.58. The lowest BCUT2D eigenvalue weighted by Gasteiger charge is -2.15. The van der Waals surface area contributed by atoms with Crippen molar-refractivity contribution in [1.29, 1.82) is 0 Å². The van der Waals surface area contributed by atoms with Crippen molar-refractivity contribution in [3.8, 4) is 0 Å². The molecule has 1 aromatic carbocycles. The van der Waals surface area contributed by atoms with Crippen LogP contribution >= 0.6 is 11.3 Å². The van der Waals surface area contributed by atoms with E-state index in [0.717, 1.165) is 10.6 Å². The number of aromatic nitrogens is 3. The van der Waals surface area contributed by atoms with Gasteiger partial charge in [0.1, 0.15) is 0 Å². The molecular formula is C22H18F3N3O2S. The summed E-state index contributed by atoms with van der Waals surface area (Å²) in [4.78, 5) is 30.5. The molecule has 0 spiro atoms. The number of Topliss-reactive ketones (excluding diaryl/α,β-unsaturated/α-hetero) is 1. The maximum atomic E-state index is 13.6. The molecule has 31 heavy (non-hydrogen) atoms. The molecule has 0 unspecified atom stereocenters. The van der Waals surface area contributed by atoms with E-state index >= 15 is 0 Å². The molecule has 5 nitrogen and oxygen atoms in total. The molecular weight excluding hydrogens is 427 g/mol. The lowest BCUT2D eigenvalue weighted by molar-refractivity contribution is -0.147. The molecule has 0 aliphatic heterocycles. The summed E-state index contributed by atoms with van der Waals surface area (Å²) in [6, 6.07) is 11.3. The van der Waals surface area contributed by atoms with Gasteiger partial charge < -0.3 is 4.57 Å². The second-order valence-electron chi connectivity index (χ2n) is 7.22. The van der Waals surface area contributed by atoms with Gasteiger partial charge in [0, 0.05) is 21.8 Å². The van der Waals surface area contributed by atoms with Crippen LogP contribution in [0.2, 0.25) is 0 Å². The lowest BCUT2D eigenvalue weighted by atomic mass is 10.1. The van der Waals surface area contributed by atoms with Crippen LogP contribution in [0.3, 0.4) is 0 Å². The third kappa shape index (κ3) is 3.93. The number of benzene rings is 1. The van der Waals surface area contributed by atoms with Crippen molar-refractivity contribution in [3.63, 3.8) is 0 Å². The highest BCUT2D eigenvalue weighted by Crippen LogP contribution is 2.28. The average Bonchev–Trinajstić information content (AvgIpc) is 3.33. The van der Waals surface area contributed by atoms with Gasteiger partial charge in [-0.3, -0.25) is 14.2 Å². The summed E-state index contributed by atoms with van der Waals surface area (Å²) < 4.78 is 43.3. The zero-order valence-electron chi connectivity index (χ0n) is 16.7. The first-order valence-corrected chi connectivity index (χ1v) is 10.3. The molecule has 0 saturated heterocycles. The predicted molar refractivity (Wildman–Crippen MR) is 113 cm³/mol. The average molecular weight is 445 g/mol. The first-order valence-electron chi connectivity index (χ1n) is 9.46. The number of nitrogens with zero attached hydrogens (tertiary/aromatic N) is 3. The zero-order chi connectivity index (χ0) is 22.3. The van der Waals surface area contributed by atoms with E-state index in [4.69, 9.17) is 0 Å². The number of para-hydroxylation sites is 1. The second-order valence-corrected chi connectivity index (χ2v) is 8.25. The number of rotatable bonds is 5. The van der Waals surface area contributed by atoms with Gasteiger partial charge in [-0.25, -0.2) is 4.98 Å². The van der Waals surface area contributed by atoms with E-state index in [1.54, 1.807) is 30.4 Å². The molecule has 0 amide bonds. The Morgan fingerprint density at radius 1 is 1.10 bits per heavy atom. The number of fused-ring (bicyclic) bond motifs is 1. The molecule has 0 bridgehead atoms. The van der Waals surface area contributed by atoms with Gasteiger partial charge in [-0.1, -0.05) is 18.2 Å². The maximum absolute atomic E-state index is 13.6. The molecule has 0 aliphatic rings. The van der Waals surface area contributed by atoms with E-state index in [1.165, 1.54) is 18.2 Å². The zero-order valence-corrected chi connectivity index (χ0v) is 17.5. The van der Waals surface area contributed by atoms with Crippen molar-refractivity contribution in [2.45, 2.75) is 33.1 Å². The summed E-state index contributed by atoms with van der Waals surface area (Å²) in [5, 5.41) is 1.99. The van der Waals surface area contributed by atoms with Gasteiger partial charge in [-0.2, -0.15) is 13.2 Å². The first kappa shape index (κ1) is 21.0. The van der Waals surface area contributed by atoms with E-state index in [1.807, 2.05) is 29.0 Å². The second kappa shape index (κ2) is 7.81. The van der Waals surface area contributed by atoms with Crippen LogP contribution in [-0.2, 0) is 19.3 Å². The molecule has 160 valence electrons. The highest BCUT2D eigenvalue weighted by Gasteiger charge is 2.38. The number of ketones is 1. The molecule has 0 saturated carbocycles. The van der Waals surface area contributed by atoms with Gasteiger partial charge in [-0.15, -0.1) is 11.3 Å². The monoisotopic (exact) mass is 445 g/mol.